The number of carbonyl (C=O) groups excluding carboxylic acids is 1. The fourth-order valence-electron chi connectivity index (χ4n) is 1.60. The Balaban J connectivity index is 2.08. The largest absolute Gasteiger partial charge is 0.465 e. The predicted octanol–water partition coefficient (Wildman–Crippen LogP) is 3.35. The van der Waals surface area contributed by atoms with Crippen LogP contribution in [-0.4, -0.2) is 13.1 Å². The SMILES string of the molecule is COC(=O)c1ccc(N=Nc2ccc(CN)cc2)cc1. The highest BCUT2D eigenvalue weighted by Gasteiger charge is 2.03. The summed E-state index contributed by atoms with van der Waals surface area (Å²) in [7, 11) is 1.35. The van der Waals surface area contributed by atoms with Gasteiger partial charge in [0.15, 0.2) is 0 Å². The standard InChI is InChI=1S/C15H15N3O2/c1-20-15(19)12-4-8-14(9-5-12)18-17-13-6-2-11(10-16)3-7-13/h2-9H,10,16H2,1H3. The molecule has 0 aliphatic rings. The van der Waals surface area contributed by atoms with E-state index in [1.165, 1.54) is 7.11 Å². The first-order valence-corrected chi connectivity index (χ1v) is 6.12. The smallest absolute Gasteiger partial charge is 0.337 e. The summed E-state index contributed by atoms with van der Waals surface area (Å²) >= 11 is 0. The molecule has 2 N–H and O–H groups in total. The zero-order chi connectivity index (χ0) is 14.4. The van der Waals surface area contributed by atoms with Gasteiger partial charge in [0, 0.05) is 6.54 Å². The van der Waals surface area contributed by atoms with Gasteiger partial charge in [-0.1, -0.05) is 12.1 Å². The molecule has 2 aromatic rings. The molecule has 2 rings (SSSR count). The molecule has 5 heteroatoms. The molecule has 0 aliphatic heterocycles. The number of benzene rings is 2. The first kappa shape index (κ1) is 13.9. The van der Waals surface area contributed by atoms with E-state index in [-0.39, 0.29) is 5.97 Å². The topological polar surface area (TPSA) is 77.0 Å². The Morgan fingerprint density at radius 2 is 1.50 bits per heavy atom. The van der Waals surface area contributed by atoms with Crippen molar-refractivity contribution in [2.45, 2.75) is 6.54 Å². The minimum atomic E-state index is -0.370. The van der Waals surface area contributed by atoms with Gasteiger partial charge in [0.25, 0.3) is 0 Å². The normalized spacial score (nSPS) is 10.7. The van der Waals surface area contributed by atoms with Crippen molar-refractivity contribution in [1.82, 2.24) is 0 Å². The fourth-order valence-corrected chi connectivity index (χ4v) is 1.60. The highest BCUT2D eigenvalue weighted by molar-refractivity contribution is 5.89. The maximum atomic E-state index is 11.3. The van der Waals surface area contributed by atoms with E-state index in [1.54, 1.807) is 24.3 Å². The van der Waals surface area contributed by atoms with Crippen LogP contribution < -0.4 is 5.73 Å². The maximum absolute atomic E-state index is 11.3. The number of hydrogen-bond donors (Lipinski definition) is 1. The summed E-state index contributed by atoms with van der Waals surface area (Å²) in [5.41, 5.74) is 8.47. The third-order valence-electron chi connectivity index (χ3n) is 2.74. The summed E-state index contributed by atoms with van der Waals surface area (Å²) in [5, 5.41) is 8.21. The van der Waals surface area contributed by atoms with Gasteiger partial charge in [0.2, 0.25) is 0 Å². The van der Waals surface area contributed by atoms with E-state index in [4.69, 9.17) is 5.73 Å². The number of azo groups is 1. The van der Waals surface area contributed by atoms with Crippen LogP contribution in [0.5, 0.6) is 0 Å². The molecule has 0 atom stereocenters. The second-order valence-corrected chi connectivity index (χ2v) is 4.11. The van der Waals surface area contributed by atoms with E-state index in [1.807, 2.05) is 24.3 Å². The van der Waals surface area contributed by atoms with Crippen LogP contribution in [0.3, 0.4) is 0 Å². The average molecular weight is 269 g/mol. The van der Waals surface area contributed by atoms with Crippen LogP contribution in [0.15, 0.2) is 58.8 Å². The van der Waals surface area contributed by atoms with Crippen molar-refractivity contribution in [2.75, 3.05) is 7.11 Å². The zero-order valence-electron chi connectivity index (χ0n) is 11.1. The minimum Gasteiger partial charge on any atom is -0.465 e. The van der Waals surface area contributed by atoms with Crippen molar-refractivity contribution >= 4 is 17.3 Å². The van der Waals surface area contributed by atoms with E-state index in [9.17, 15) is 4.79 Å². The average Bonchev–Trinajstić information content (AvgIpc) is 2.53. The molecule has 0 aliphatic carbocycles. The molecule has 0 bridgehead atoms. The molecule has 0 heterocycles. The Hall–Kier alpha value is -2.53. The fraction of sp³-hybridized carbons (Fsp3) is 0.133. The summed E-state index contributed by atoms with van der Waals surface area (Å²) < 4.78 is 4.62. The van der Waals surface area contributed by atoms with Crippen LogP contribution in [-0.2, 0) is 11.3 Å². The highest BCUT2D eigenvalue weighted by Crippen LogP contribution is 2.19. The number of ether oxygens (including phenoxy) is 1. The highest BCUT2D eigenvalue weighted by atomic mass is 16.5. The van der Waals surface area contributed by atoms with Crippen molar-refractivity contribution in [3.05, 3.63) is 59.7 Å². The molecule has 102 valence electrons. The predicted molar refractivity (Wildman–Crippen MR) is 76.3 cm³/mol. The number of methoxy groups -OCH3 is 1. The van der Waals surface area contributed by atoms with E-state index in [0.717, 1.165) is 11.3 Å². The molecule has 0 saturated heterocycles. The number of carbonyl (C=O) groups is 1. The maximum Gasteiger partial charge on any atom is 0.337 e. The van der Waals surface area contributed by atoms with Crippen molar-refractivity contribution in [1.29, 1.82) is 0 Å². The molecule has 2 aromatic carbocycles. The zero-order valence-corrected chi connectivity index (χ0v) is 11.1. The van der Waals surface area contributed by atoms with Crippen LogP contribution in [0.4, 0.5) is 11.4 Å². The second-order valence-electron chi connectivity index (χ2n) is 4.11. The molecule has 0 fully saturated rings. The van der Waals surface area contributed by atoms with Gasteiger partial charge < -0.3 is 10.5 Å². The van der Waals surface area contributed by atoms with Crippen molar-refractivity contribution in [2.24, 2.45) is 16.0 Å². The number of hydrogen-bond acceptors (Lipinski definition) is 5. The Morgan fingerprint density at radius 3 is 1.95 bits per heavy atom. The molecule has 0 aromatic heterocycles. The van der Waals surface area contributed by atoms with Crippen molar-refractivity contribution in [3.8, 4) is 0 Å². The lowest BCUT2D eigenvalue weighted by atomic mass is 10.2. The molecular formula is C15H15N3O2. The Morgan fingerprint density at radius 1 is 1.00 bits per heavy atom. The lowest BCUT2D eigenvalue weighted by Gasteiger charge is -1.99. The lowest BCUT2D eigenvalue weighted by Crippen LogP contribution is -1.99. The molecule has 0 radical (unpaired) electrons. The van der Waals surface area contributed by atoms with Crippen LogP contribution >= 0.6 is 0 Å². The quantitative estimate of drug-likeness (QED) is 0.683. The van der Waals surface area contributed by atoms with E-state index >= 15 is 0 Å². The number of esters is 1. The van der Waals surface area contributed by atoms with Gasteiger partial charge in [0.05, 0.1) is 24.0 Å². The Bertz CT molecular complexity index is 604. The summed E-state index contributed by atoms with van der Waals surface area (Å²) in [6, 6.07) is 14.3. The molecular weight excluding hydrogens is 254 g/mol. The first-order valence-electron chi connectivity index (χ1n) is 6.12. The third-order valence-corrected chi connectivity index (χ3v) is 2.74. The Kier molecular flexibility index (Phi) is 4.57. The van der Waals surface area contributed by atoms with Gasteiger partial charge in [0.1, 0.15) is 0 Å². The van der Waals surface area contributed by atoms with Gasteiger partial charge in [-0.2, -0.15) is 10.2 Å². The van der Waals surface area contributed by atoms with Crippen molar-refractivity contribution in [3.63, 3.8) is 0 Å². The van der Waals surface area contributed by atoms with Gasteiger partial charge >= 0.3 is 5.97 Å². The van der Waals surface area contributed by atoms with Crippen LogP contribution in [0.2, 0.25) is 0 Å². The van der Waals surface area contributed by atoms with Crippen LogP contribution in [0.1, 0.15) is 15.9 Å². The number of rotatable bonds is 4. The summed E-state index contributed by atoms with van der Waals surface area (Å²) in [6.45, 7) is 0.506. The first-order chi connectivity index (χ1) is 9.72. The number of nitrogens with zero attached hydrogens (tertiary/aromatic N) is 2. The monoisotopic (exact) mass is 269 g/mol. The van der Waals surface area contributed by atoms with Crippen molar-refractivity contribution < 1.29 is 9.53 Å². The van der Waals surface area contributed by atoms with Gasteiger partial charge in [-0.05, 0) is 42.0 Å². The van der Waals surface area contributed by atoms with Gasteiger partial charge in [-0.25, -0.2) is 4.79 Å². The summed E-state index contributed by atoms with van der Waals surface area (Å²) in [4.78, 5) is 11.3. The molecule has 0 unspecified atom stereocenters. The number of nitrogens with two attached hydrogens (primary N) is 1. The van der Waals surface area contributed by atoms with Gasteiger partial charge in [-0.15, -0.1) is 0 Å². The molecule has 5 nitrogen and oxygen atoms in total. The van der Waals surface area contributed by atoms with Gasteiger partial charge in [-0.3, -0.25) is 0 Å². The van der Waals surface area contributed by atoms with E-state index < -0.39 is 0 Å². The molecule has 0 spiro atoms. The molecule has 0 saturated carbocycles. The molecule has 0 amide bonds. The third kappa shape index (κ3) is 3.49. The Labute approximate surface area is 117 Å². The second kappa shape index (κ2) is 6.58. The summed E-state index contributed by atoms with van der Waals surface area (Å²) in [5.74, 6) is -0.370. The summed E-state index contributed by atoms with van der Waals surface area (Å²) in [6.07, 6.45) is 0. The minimum absolute atomic E-state index is 0.370. The molecule has 20 heavy (non-hydrogen) atoms. The van der Waals surface area contributed by atoms with Crippen LogP contribution in [0.25, 0.3) is 0 Å². The van der Waals surface area contributed by atoms with E-state index in [2.05, 4.69) is 15.0 Å². The van der Waals surface area contributed by atoms with Crippen LogP contribution in [0, 0.1) is 0 Å². The lowest BCUT2D eigenvalue weighted by molar-refractivity contribution is 0.0601. The van der Waals surface area contributed by atoms with E-state index in [0.29, 0.717) is 17.8 Å².